The maximum absolute atomic E-state index is 10.7. The Morgan fingerprint density at radius 1 is 0.875 bits per heavy atom. The molecule has 0 amide bonds. The van der Waals surface area contributed by atoms with Crippen LogP contribution in [-0.4, -0.2) is 39.0 Å². The molecular weight excluding hydrogens is 208 g/mol. The summed E-state index contributed by atoms with van der Waals surface area (Å²) in [5.41, 5.74) is 0. The molecule has 0 saturated carbocycles. The van der Waals surface area contributed by atoms with Gasteiger partial charge in [-0.1, -0.05) is 26.7 Å². The molecule has 0 aliphatic heterocycles. The van der Waals surface area contributed by atoms with Gasteiger partial charge >= 0.3 is 5.97 Å². The Kier molecular flexibility index (Phi) is 12.0. The van der Waals surface area contributed by atoms with Crippen molar-refractivity contribution < 1.29 is 19.0 Å². The molecule has 0 spiro atoms. The predicted molar refractivity (Wildman–Crippen MR) is 62.4 cm³/mol. The van der Waals surface area contributed by atoms with Gasteiger partial charge in [0, 0.05) is 13.0 Å². The standard InChI is InChI=1S/C12H24O4/c1-3-5-6-7-14-8-9-15-10-11-16-12(13)4-2/h3-11H2,1-2H3. The Balaban J connectivity index is 2.96. The van der Waals surface area contributed by atoms with Gasteiger partial charge in [-0.15, -0.1) is 0 Å². The number of ether oxygens (including phenoxy) is 3. The van der Waals surface area contributed by atoms with Gasteiger partial charge in [0.15, 0.2) is 0 Å². The van der Waals surface area contributed by atoms with E-state index in [1.54, 1.807) is 6.92 Å². The van der Waals surface area contributed by atoms with Crippen molar-refractivity contribution in [2.45, 2.75) is 39.5 Å². The van der Waals surface area contributed by atoms with E-state index in [9.17, 15) is 4.79 Å². The second-order valence-electron chi connectivity index (χ2n) is 3.51. The van der Waals surface area contributed by atoms with Gasteiger partial charge in [0.05, 0.1) is 19.8 Å². The van der Waals surface area contributed by atoms with E-state index in [1.807, 2.05) is 0 Å². The van der Waals surface area contributed by atoms with Crippen molar-refractivity contribution in [3.63, 3.8) is 0 Å². The summed E-state index contributed by atoms with van der Waals surface area (Å²) in [5.74, 6) is -0.181. The molecule has 16 heavy (non-hydrogen) atoms. The van der Waals surface area contributed by atoms with Crippen LogP contribution in [0.3, 0.4) is 0 Å². The smallest absolute Gasteiger partial charge is 0.305 e. The molecule has 0 fully saturated rings. The first-order valence-electron chi connectivity index (χ1n) is 6.12. The predicted octanol–water partition coefficient (Wildman–Crippen LogP) is 2.16. The molecule has 0 unspecified atom stereocenters. The molecule has 4 nitrogen and oxygen atoms in total. The molecule has 0 saturated heterocycles. The highest BCUT2D eigenvalue weighted by atomic mass is 16.6. The van der Waals surface area contributed by atoms with Crippen LogP contribution >= 0.6 is 0 Å². The molecule has 0 bridgehead atoms. The molecule has 0 heterocycles. The maximum atomic E-state index is 10.7. The summed E-state index contributed by atoms with van der Waals surface area (Å²) < 4.78 is 15.4. The lowest BCUT2D eigenvalue weighted by Crippen LogP contribution is -2.12. The molecule has 0 aromatic carbocycles. The zero-order valence-electron chi connectivity index (χ0n) is 10.5. The molecule has 96 valence electrons. The van der Waals surface area contributed by atoms with Gasteiger partial charge in [-0.05, 0) is 6.42 Å². The summed E-state index contributed by atoms with van der Waals surface area (Å²) >= 11 is 0. The van der Waals surface area contributed by atoms with Gasteiger partial charge in [0.25, 0.3) is 0 Å². The lowest BCUT2D eigenvalue weighted by atomic mass is 10.3. The maximum Gasteiger partial charge on any atom is 0.305 e. The minimum Gasteiger partial charge on any atom is -0.463 e. The van der Waals surface area contributed by atoms with Crippen LogP contribution in [0.4, 0.5) is 0 Å². The highest BCUT2D eigenvalue weighted by molar-refractivity contribution is 5.68. The van der Waals surface area contributed by atoms with Crippen LogP contribution in [0.25, 0.3) is 0 Å². The van der Waals surface area contributed by atoms with Gasteiger partial charge in [0.1, 0.15) is 6.61 Å². The largest absolute Gasteiger partial charge is 0.463 e. The molecule has 0 atom stereocenters. The molecule has 4 heteroatoms. The molecule has 0 aromatic rings. The summed E-state index contributed by atoms with van der Waals surface area (Å²) in [7, 11) is 0. The number of hydrogen-bond acceptors (Lipinski definition) is 4. The van der Waals surface area contributed by atoms with Crippen molar-refractivity contribution in [2.24, 2.45) is 0 Å². The van der Waals surface area contributed by atoms with E-state index in [2.05, 4.69) is 6.92 Å². The Hall–Kier alpha value is -0.610. The van der Waals surface area contributed by atoms with Crippen LogP contribution in [-0.2, 0) is 19.0 Å². The van der Waals surface area contributed by atoms with Crippen molar-refractivity contribution in [1.29, 1.82) is 0 Å². The summed E-state index contributed by atoms with van der Waals surface area (Å²) in [6.07, 6.45) is 3.96. The number of carbonyl (C=O) groups is 1. The summed E-state index contributed by atoms with van der Waals surface area (Å²) in [6, 6.07) is 0. The van der Waals surface area contributed by atoms with Gasteiger partial charge in [0.2, 0.25) is 0 Å². The minimum absolute atomic E-state index is 0.181. The number of hydrogen-bond donors (Lipinski definition) is 0. The molecule has 0 aliphatic rings. The van der Waals surface area contributed by atoms with Crippen LogP contribution in [0.1, 0.15) is 39.5 Å². The fourth-order valence-corrected chi connectivity index (χ4v) is 1.09. The second-order valence-corrected chi connectivity index (χ2v) is 3.51. The molecule has 0 aromatic heterocycles. The van der Waals surface area contributed by atoms with E-state index in [-0.39, 0.29) is 5.97 Å². The van der Waals surface area contributed by atoms with Gasteiger partial charge in [-0.25, -0.2) is 0 Å². The van der Waals surface area contributed by atoms with Crippen molar-refractivity contribution in [3.05, 3.63) is 0 Å². The lowest BCUT2D eigenvalue weighted by molar-refractivity contribution is -0.144. The summed E-state index contributed by atoms with van der Waals surface area (Å²) in [6.45, 7) is 6.71. The topological polar surface area (TPSA) is 44.8 Å². The van der Waals surface area contributed by atoms with Gasteiger partial charge in [-0.2, -0.15) is 0 Å². The Morgan fingerprint density at radius 3 is 2.12 bits per heavy atom. The van der Waals surface area contributed by atoms with Crippen LogP contribution in [0.2, 0.25) is 0 Å². The number of unbranched alkanes of at least 4 members (excludes halogenated alkanes) is 2. The number of rotatable bonds is 11. The first-order chi connectivity index (χ1) is 7.81. The molecule has 0 radical (unpaired) electrons. The third-order valence-corrected chi connectivity index (χ3v) is 2.04. The van der Waals surface area contributed by atoms with Crippen LogP contribution in [0.5, 0.6) is 0 Å². The van der Waals surface area contributed by atoms with E-state index in [1.165, 1.54) is 12.8 Å². The zero-order chi connectivity index (χ0) is 12.1. The van der Waals surface area contributed by atoms with Crippen molar-refractivity contribution in [3.8, 4) is 0 Å². The van der Waals surface area contributed by atoms with Crippen molar-refractivity contribution >= 4 is 5.97 Å². The third-order valence-electron chi connectivity index (χ3n) is 2.04. The van der Waals surface area contributed by atoms with E-state index in [4.69, 9.17) is 14.2 Å². The molecule has 0 N–H and O–H groups in total. The Bertz CT molecular complexity index is 159. The van der Waals surface area contributed by atoms with Crippen LogP contribution < -0.4 is 0 Å². The van der Waals surface area contributed by atoms with E-state index in [0.29, 0.717) is 32.8 Å². The van der Waals surface area contributed by atoms with Gasteiger partial charge in [-0.3, -0.25) is 4.79 Å². The van der Waals surface area contributed by atoms with E-state index >= 15 is 0 Å². The highest BCUT2D eigenvalue weighted by Gasteiger charge is 1.97. The monoisotopic (exact) mass is 232 g/mol. The SMILES string of the molecule is CCCCCOCCOCCOC(=O)CC. The van der Waals surface area contributed by atoms with Crippen molar-refractivity contribution in [2.75, 3.05) is 33.0 Å². The zero-order valence-corrected chi connectivity index (χ0v) is 10.5. The number of esters is 1. The molecule has 0 aliphatic carbocycles. The fraction of sp³-hybridized carbons (Fsp3) is 0.917. The second kappa shape index (κ2) is 12.5. The highest BCUT2D eigenvalue weighted by Crippen LogP contribution is 1.93. The van der Waals surface area contributed by atoms with Crippen LogP contribution in [0.15, 0.2) is 0 Å². The first kappa shape index (κ1) is 15.4. The Labute approximate surface area is 98.3 Å². The van der Waals surface area contributed by atoms with Gasteiger partial charge < -0.3 is 14.2 Å². The quantitative estimate of drug-likeness (QED) is 0.404. The summed E-state index contributed by atoms with van der Waals surface area (Å²) in [4.78, 5) is 10.7. The third kappa shape index (κ3) is 11.5. The number of carbonyl (C=O) groups excluding carboxylic acids is 1. The average molecular weight is 232 g/mol. The summed E-state index contributed by atoms with van der Waals surface area (Å²) in [5, 5.41) is 0. The normalized spacial score (nSPS) is 10.4. The van der Waals surface area contributed by atoms with Crippen LogP contribution in [0, 0.1) is 0 Å². The average Bonchev–Trinajstić information content (AvgIpc) is 2.31. The molecular formula is C12H24O4. The Morgan fingerprint density at radius 2 is 1.50 bits per heavy atom. The minimum atomic E-state index is -0.181. The first-order valence-corrected chi connectivity index (χ1v) is 6.12. The van der Waals surface area contributed by atoms with Crippen molar-refractivity contribution in [1.82, 2.24) is 0 Å². The lowest BCUT2D eigenvalue weighted by Gasteiger charge is -2.06. The van der Waals surface area contributed by atoms with E-state index < -0.39 is 0 Å². The van der Waals surface area contributed by atoms with E-state index in [0.717, 1.165) is 13.0 Å². The molecule has 0 rings (SSSR count). The fourth-order valence-electron chi connectivity index (χ4n) is 1.09.